The number of hydrogen-bond acceptors (Lipinski definition) is 2. The maximum absolute atomic E-state index is 13.6. The van der Waals surface area contributed by atoms with Crippen LogP contribution in [0.3, 0.4) is 0 Å². The maximum atomic E-state index is 13.6. The fraction of sp³-hybridized carbons (Fsp3) is 0.500. The first-order valence-corrected chi connectivity index (χ1v) is 6.12. The van der Waals surface area contributed by atoms with Gasteiger partial charge in [-0.15, -0.1) is 0 Å². The summed E-state index contributed by atoms with van der Waals surface area (Å²) < 4.78 is 13.6. The summed E-state index contributed by atoms with van der Waals surface area (Å²) >= 11 is 0. The van der Waals surface area contributed by atoms with Gasteiger partial charge < -0.3 is 5.32 Å². The molecule has 0 bridgehead atoms. The molecule has 1 fully saturated rings. The molecule has 3 heteroatoms. The summed E-state index contributed by atoms with van der Waals surface area (Å²) in [6, 6.07) is 9.29. The van der Waals surface area contributed by atoms with Gasteiger partial charge in [0, 0.05) is 17.6 Å². The third-order valence-corrected chi connectivity index (χ3v) is 3.52. The van der Waals surface area contributed by atoms with Crippen molar-refractivity contribution in [1.82, 2.24) is 5.32 Å². The van der Waals surface area contributed by atoms with E-state index in [-0.39, 0.29) is 23.8 Å². The first-order chi connectivity index (χ1) is 8.22. The summed E-state index contributed by atoms with van der Waals surface area (Å²) in [5.74, 6) is -0.108. The van der Waals surface area contributed by atoms with Crippen LogP contribution in [0.2, 0.25) is 0 Å². The molecule has 1 N–H and O–H groups in total. The molecule has 0 aromatic heterocycles. The number of rotatable bonds is 3. The Morgan fingerprint density at radius 3 is 2.88 bits per heavy atom. The molecule has 1 aliphatic rings. The fourth-order valence-electron chi connectivity index (χ4n) is 2.55. The second-order valence-electron chi connectivity index (χ2n) is 4.68. The molecule has 2 rings (SSSR count). The quantitative estimate of drug-likeness (QED) is 0.868. The third-order valence-electron chi connectivity index (χ3n) is 3.52. The molecule has 0 aliphatic heterocycles. The Kier molecular flexibility index (Phi) is 3.75. The predicted octanol–water partition coefficient (Wildman–Crippen LogP) is 3.17. The molecule has 0 radical (unpaired) electrons. The van der Waals surface area contributed by atoms with Crippen molar-refractivity contribution in [2.24, 2.45) is 5.92 Å². The minimum absolute atomic E-state index is 0.0462. The van der Waals surface area contributed by atoms with Crippen LogP contribution in [0.5, 0.6) is 0 Å². The van der Waals surface area contributed by atoms with Crippen LogP contribution in [0, 0.1) is 23.1 Å². The summed E-state index contributed by atoms with van der Waals surface area (Å²) in [6.07, 6.45) is 3.05. The highest BCUT2D eigenvalue weighted by molar-refractivity contribution is 5.21. The van der Waals surface area contributed by atoms with E-state index in [2.05, 4.69) is 11.4 Å². The third kappa shape index (κ3) is 2.65. The lowest BCUT2D eigenvalue weighted by Crippen LogP contribution is -2.34. The lowest BCUT2D eigenvalue weighted by Gasteiger charge is -2.22. The van der Waals surface area contributed by atoms with Gasteiger partial charge in [-0.3, -0.25) is 0 Å². The maximum Gasteiger partial charge on any atom is 0.127 e. The van der Waals surface area contributed by atoms with E-state index in [9.17, 15) is 4.39 Å². The van der Waals surface area contributed by atoms with Crippen molar-refractivity contribution in [1.29, 1.82) is 5.26 Å². The van der Waals surface area contributed by atoms with Crippen LogP contribution in [-0.2, 0) is 0 Å². The molecule has 17 heavy (non-hydrogen) atoms. The molecular weight excluding hydrogens is 215 g/mol. The molecule has 0 spiro atoms. The second-order valence-corrected chi connectivity index (χ2v) is 4.68. The molecule has 1 aromatic rings. The van der Waals surface area contributed by atoms with E-state index in [1.165, 1.54) is 6.07 Å². The number of halogens is 1. The van der Waals surface area contributed by atoms with Crippen molar-refractivity contribution in [2.75, 3.05) is 0 Å². The molecule has 0 saturated heterocycles. The topological polar surface area (TPSA) is 35.8 Å². The minimum Gasteiger partial charge on any atom is -0.306 e. The molecule has 1 aromatic carbocycles. The normalized spacial score (nSPS) is 25.5. The standard InChI is InChI=1S/C14H17FN2/c1-10(12-6-2-3-7-13(12)15)17-14-8-4-5-11(14)9-16/h2-3,6-7,10-11,14,17H,4-5,8H2,1H3. The first-order valence-electron chi connectivity index (χ1n) is 6.12. The lowest BCUT2D eigenvalue weighted by molar-refractivity contribution is 0.409. The summed E-state index contributed by atoms with van der Waals surface area (Å²) in [5, 5.41) is 12.4. The fourth-order valence-corrected chi connectivity index (χ4v) is 2.55. The number of benzene rings is 1. The van der Waals surface area contributed by atoms with Crippen LogP contribution < -0.4 is 5.32 Å². The van der Waals surface area contributed by atoms with Gasteiger partial charge in [-0.2, -0.15) is 5.26 Å². The van der Waals surface area contributed by atoms with Gasteiger partial charge in [0.2, 0.25) is 0 Å². The predicted molar refractivity (Wildman–Crippen MR) is 64.7 cm³/mol. The summed E-state index contributed by atoms with van der Waals surface area (Å²) in [4.78, 5) is 0. The Hall–Kier alpha value is -1.40. The van der Waals surface area contributed by atoms with E-state index in [4.69, 9.17) is 5.26 Å². The summed E-state index contributed by atoms with van der Waals surface area (Å²) in [7, 11) is 0. The number of hydrogen-bond donors (Lipinski definition) is 1. The van der Waals surface area contributed by atoms with Crippen LogP contribution >= 0.6 is 0 Å². The van der Waals surface area contributed by atoms with Crippen molar-refractivity contribution < 1.29 is 4.39 Å². The molecule has 90 valence electrons. The first kappa shape index (κ1) is 12.1. The summed E-state index contributed by atoms with van der Waals surface area (Å²) in [6.45, 7) is 1.95. The Morgan fingerprint density at radius 2 is 2.18 bits per heavy atom. The van der Waals surface area contributed by atoms with Crippen molar-refractivity contribution in [3.63, 3.8) is 0 Å². The average Bonchev–Trinajstić information content (AvgIpc) is 2.76. The summed E-state index contributed by atoms with van der Waals surface area (Å²) in [5.41, 5.74) is 0.677. The zero-order chi connectivity index (χ0) is 12.3. The monoisotopic (exact) mass is 232 g/mol. The van der Waals surface area contributed by atoms with Crippen LogP contribution in [0.15, 0.2) is 24.3 Å². The van der Waals surface area contributed by atoms with Crippen LogP contribution in [0.4, 0.5) is 4.39 Å². The van der Waals surface area contributed by atoms with E-state index in [0.717, 1.165) is 19.3 Å². The number of nitrogens with one attached hydrogen (secondary N) is 1. The molecule has 3 atom stereocenters. The van der Waals surface area contributed by atoms with Crippen LogP contribution in [0.1, 0.15) is 37.8 Å². The van der Waals surface area contributed by atoms with Crippen molar-refractivity contribution in [2.45, 2.75) is 38.3 Å². The molecular formula is C14H17FN2. The van der Waals surface area contributed by atoms with Crippen LogP contribution in [0.25, 0.3) is 0 Å². The number of nitrogens with zero attached hydrogens (tertiary/aromatic N) is 1. The van der Waals surface area contributed by atoms with Crippen LogP contribution in [-0.4, -0.2) is 6.04 Å². The van der Waals surface area contributed by atoms with Gasteiger partial charge in [0.25, 0.3) is 0 Å². The minimum atomic E-state index is -0.181. The van der Waals surface area contributed by atoms with Gasteiger partial charge in [-0.1, -0.05) is 24.6 Å². The van der Waals surface area contributed by atoms with Crippen molar-refractivity contribution in [3.05, 3.63) is 35.6 Å². The Morgan fingerprint density at radius 1 is 1.41 bits per heavy atom. The lowest BCUT2D eigenvalue weighted by atomic mass is 10.0. The smallest absolute Gasteiger partial charge is 0.127 e. The zero-order valence-electron chi connectivity index (χ0n) is 9.99. The average molecular weight is 232 g/mol. The number of nitriles is 1. The Balaban J connectivity index is 2.05. The molecule has 2 nitrogen and oxygen atoms in total. The van der Waals surface area contributed by atoms with Crippen molar-refractivity contribution >= 4 is 0 Å². The van der Waals surface area contributed by atoms with E-state index in [1.807, 2.05) is 13.0 Å². The molecule has 1 saturated carbocycles. The van der Waals surface area contributed by atoms with Gasteiger partial charge >= 0.3 is 0 Å². The molecule has 3 unspecified atom stereocenters. The van der Waals surface area contributed by atoms with Gasteiger partial charge in [-0.05, 0) is 25.8 Å². The Bertz CT molecular complexity index is 424. The van der Waals surface area contributed by atoms with Gasteiger partial charge in [0.1, 0.15) is 5.82 Å². The Labute approximate surface area is 101 Å². The SMILES string of the molecule is CC(NC1CCCC1C#N)c1ccccc1F. The van der Waals surface area contributed by atoms with E-state index in [0.29, 0.717) is 5.56 Å². The van der Waals surface area contributed by atoms with Gasteiger partial charge in [-0.25, -0.2) is 4.39 Å². The molecule has 0 amide bonds. The van der Waals surface area contributed by atoms with E-state index < -0.39 is 0 Å². The highest BCUT2D eigenvalue weighted by Gasteiger charge is 2.28. The highest BCUT2D eigenvalue weighted by Crippen LogP contribution is 2.27. The van der Waals surface area contributed by atoms with Crippen molar-refractivity contribution in [3.8, 4) is 6.07 Å². The van der Waals surface area contributed by atoms with Gasteiger partial charge in [0.15, 0.2) is 0 Å². The van der Waals surface area contributed by atoms with E-state index in [1.54, 1.807) is 12.1 Å². The largest absolute Gasteiger partial charge is 0.306 e. The second kappa shape index (κ2) is 5.29. The van der Waals surface area contributed by atoms with E-state index >= 15 is 0 Å². The highest BCUT2D eigenvalue weighted by atomic mass is 19.1. The molecule has 0 heterocycles. The molecule has 1 aliphatic carbocycles. The van der Waals surface area contributed by atoms with Gasteiger partial charge in [0.05, 0.1) is 12.0 Å². The zero-order valence-corrected chi connectivity index (χ0v) is 9.99.